The number of azide groups is 2. The average Bonchev–Trinajstić information content (AvgIpc) is 2.68. The van der Waals surface area contributed by atoms with E-state index >= 15 is 0 Å². The Labute approximate surface area is 151 Å². The van der Waals surface area contributed by atoms with Gasteiger partial charge in [-0.25, -0.2) is 0 Å². The monoisotopic (exact) mass is 352 g/mol. The maximum atomic E-state index is 8.80. The first-order chi connectivity index (χ1) is 12.8. The Hall–Kier alpha value is -3.02. The van der Waals surface area contributed by atoms with Gasteiger partial charge in [-0.1, -0.05) is 70.9 Å². The third-order valence-electron chi connectivity index (χ3n) is 3.64. The SMILES string of the molecule is [N-]=[N+]=N[C@@H](COCc1ccccc1)[C@H](COCc1ccccc1)N=[N+]=[N-]. The molecule has 0 N–H and O–H groups in total. The summed E-state index contributed by atoms with van der Waals surface area (Å²) in [5.41, 5.74) is 19.6. The van der Waals surface area contributed by atoms with Gasteiger partial charge in [-0.15, -0.1) is 0 Å². The standard InChI is InChI=1S/C18H20N6O2/c19-23-21-17(13-25-11-15-7-3-1-4-8-15)18(22-24-20)14-26-12-16-9-5-2-6-10-16/h1-10,17-18H,11-14H2/t17-,18-/m0/s1. The highest BCUT2D eigenvalue weighted by molar-refractivity contribution is 5.14. The molecule has 2 rings (SSSR count). The minimum atomic E-state index is -0.643. The summed E-state index contributed by atoms with van der Waals surface area (Å²) < 4.78 is 11.2. The van der Waals surface area contributed by atoms with Crippen LogP contribution in [0, 0.1) is 0 Å². The van der Waals surface area contributed by atoms with Crippen LogP contribution < -0.4 is 0 Å². The third kappa shape index (κ3) is 6.84. The molecule has 0 aliphatic rings. The zero-order valence-electron chi connectivity index (χ0n) is 14.3. The van der Waals surface area contributed by atoms with Crippen molar-refractivity contribution >= 4 is 0 Å². The lowest BCUT2D eigenvalue weighted by Crippen LogP contribution is -2.31. The minimum absolute atomic E-state index is 0.136. The topological polar surface area (TPSA) is 116 Å². The fraction of sp³-hybridized carbons (Fsp3) is 0.333. The molecule has 2 atom stereocenters. The van der Waals surface area contributed by atoms with Crippen LogP contribution in [0.25, 0.3) is 20.9 Å². The van der Waals surface area contributed by atoms with Gasteiger partial charge in [0, 0.05) is 9.82 Å². The van der Waals surface area contributed by atoms with Gasteiger partial charge in [0.25, 0.3) is 0 Å². The van der Waals surface area contributed by atoms with Crippen molar-refractivity contribution in [3.05, 3.63) is 92.7 Å². The van der Waals surface area contributed by atoms with Gasteiger partial charge in [0.2, 0.25) is 0 Å². The number of hydrogen-bond donors (Lipinski definition) is 0. The number of nitrogens with zero attached hydrogens (tertiary/aromatic N) is 6. The van der Waals surface area contributed by atoms with Gasteiger partial charge in [0.05, 0.1) is 38.5 Å². The summed E-state index contributed by atoms with van der Waals surface area (Å²) in [6, 6.07) is 18.0. The van der Waals surface area contributed by atoms with Gasteiger partial charge in [0.1, 0.15) is 0 Å². The van der Waals surface area contributed by atoms with E-state index in [2.05, 4.69) is 20.1 Å². The maximum absolute atomic E-state index is 8.80. The average molecular weight is 352 g/mol. The van der Waals surface area contributed by atoms with Gasteiger partial charge < -0.3 is 9.47 Å². The molecule has 8 heteroatoms. The summed E-state index contributed by atoms with van der Waals surface area (Å²) in [5, 5.41) is 7.42. The lowest BCUT2D eigenvalue weighted by atomic mass is 10.1. The summed E-state index contributed by atoms with van der Waals surface area (Å²) in [5.74, 6) is 0. The molecule has 134 valence electrons. The van der Waals surface area contributed by atoms with Crippen LogP contribution in [0.1, 0.15) is 11.1 Å². The van der Waals surface area contributed by atoms with Crippen molar-refractivity contribution in [3.8, 4) is 0 Å². The number of ether oxygens (including phenoxy) is 2. The second-order valence-corrected chi connectivity index (χ2v) is 5.55. The van der Waals surface area contributed by atoms with Crippen LogP contribution in [0.5, 0.6) is 0 Å². The van der Waals surface area contributed by atoms with Crippen molar-refractivity contribution in [2.75, 3.05) is 13.2 Å². The van der Waals surface area contributed by atoms with Crippen molar-refractivity contribution < 1.29 is 9.47 Å². The molecule has 0 saturated heterocycles. The molecule has 0 unspecified atom stereocenters. The Morgan fingerprint density at radius 1 is 0.692 bits per heavy atom. The van der Waals surface area contributed by atoms with Crippen LogP contribution >= 0.6 is 0 Å². The summed E-state index contributed by atoms with van der Waals surface area (Å²) in [4.78, 5) is 5.67. The van der Waals surface area contributed by atoms with Gasteiger partial charge >= 0.3 is 0 Å². The predicted molar refractivity (Wildman–Crippen MR) is 98.1 cm³/mol. The van der Waals surface area contributed by atoms with E-state index in [4.69, 9.17) is 20.5 Å². The lowest BCUT2D eigenvalue weighted by molar-refractivity contribution is 0.0685. The van der Waals surface area contributed by atoms with Crippen molar-refractivity contribution in [2.24, 2.45) is 10.2 Å². The Balaban J connectivity index is 1.89. The van der Waals surface area contributed by atoms with E-state index in [1.54, 1.807) is 0 Å². The normalized spacial score (nSPS) is 12.5. The smallest absolute Gasteiger partial charge is 0.0717 e. The van der Waals surface area contributed by atoms with Gasteiger partial charge in [-0.3, -0.25) is 0 Å². The van der Waals surface area contributed by atoms with Crippen LogP contribution in [0.4, 0.5) is 0 Å². The molecule has 2 aromatic rings. The highest BCUT2D eigenvalue weighted by Crippen LogP contribution is 2.11. The Morgan fingerprint density at radius 3 is 1.42 bits per heavy atom. The molecule has 0 bridgehead atoms. The molecule has 0 aromatic heterocycles. The molecule has 2 aromatic carbocycles. The molecular weight excluding hydrogens is 332 g/mol. The van der Waals surface area contributed by atoms with Gasteiger partial charge in [-0.05, 0) is 22.2 Å². The number of benzene rings is 2. The summed E-state index contributed by atoms with van der Waals surface area (Å²) in [6.07, 6.45) is 0. The van der Waals surface area contributed by atoms with E-state index in [1.807, 2.05) is 60.7 Å². The highest BCUT2D eigenvalue weighted by Gasteiger charge is 2.20. The van der Waals surface area contributed by atoms with E-state index < -0.39 is 12.1 Å². The molecule has 0 radical (unpaired) electrons. The molecule has 0 spiro atoms. The van der Waals surface area contributed by atoms with Crippen molar-refractivity contribution in [1.29, 1.82) is 0 Å². The quantitative estimate of drug-likeness (QED) is 0.329. The van der Waals surface area contributed by atoms with Gasteiger partial charge in [-0.2, -0.15) is 0 Å². The Morgan fingerprint density at radius 2 is 1.08 bits per heavy atom. The fourth-order valence-corrected chi connectivity index (χ4v) is 2.32. The molecule has 0 amide bonds. The molecular formula is C18H20N6O2. The molecule has 26 heavy (non-hydrogen) atoms. The molecule has 0 saturated carbocycles. The van der Waals surface area contributed by atoms with Gasteiger partial charge in [0.15, 0.2) is 0 Å². The Kier molecular flexibility index (Phi) is 8.55. The van der Waals surface area contributed by atoms with Crippen LogP contribution in [-0.4, -0.2) is 25.3 Å². The third-order valence-corrected chi connectivity index (χ3v) is 3.64. The molecule has 8 nitrogen and oxygen atoms in total. The van der Waals surface area contributed by atoms with Crippen molar-refractivity contribution in [2.45, 2.75) is 25.3 Å². The number of hydrogen-bond acceptors (Lipinski definition) is 4. The van der Waals surface area contributed by atoms with Crippen LogP contribution in [-0.2, 0) is 22.7 Å². The van der Waals surface area contributed by atoms with E-state index in [0.29, 0.717) is 13.2 Å². The van der Waals surface area contributed by atoms with Crippen molar-refractivity contribution in [3.63, 3.8) is 0 Å². The zero-order valence-corrected chi connectivity index (χ0v) is 14.3. The second kappa shape index (κ2) is 11.5. The van der Waals surface area contributed by atoms with Crippen LogP contribution in [0.15, 0.2) is 70.9 Å². The van der Waals surface area contributed by atoms with Crippen LogP contribution in [0.2, 0.25) is 0 Å². The summed E-state index contributed by atoms with van der Waals surface area (Å²) in [7, 11) is 0. The maximum Gasteiger partial charge on any atom is 0.0717 e. The second-order valence-electron chi connectivity index (χ2n) is 5.55. The molecule has 0 aliphatic carbocycles. The van der Waals surface area contributed by atoms with E-state index in [9.17, 15) is 0 Å². The first-order valence-corrected chi connectivity index (χ1v) is 8.15. The first-order valence-electron chi connectivity index (χ1n) is 8.15. The summed E-state index contributed by atoms with van der Waals surface area (Å²) >= 11 is 0. The summed E-state index contributed by atoms with van der Waals surface area (Å²) in [6.45, 7) is 1.03. The first kappa shape index (κ1) is 19.3. The molecule has 0 heterocycles. The highest BCUT2D eigenvalue weighted by atomic mass is 16.5. The van der Waals surface area contributed by atoms with Crippen molar-refractivity contribution in [1.82, 2.24) is 0 Å². The minimum Gasteiger partial charge on any atom is -0.376 e. The predicted octanol–water partition coefficient (Wildman–Crippen LogP) is 4.78. The Bertz CT molecular complexity index is 677. The van der Waals surface area contributed by atoms with Crippen LogP contribution in [0.3, 0.4) is 0 Å². The zero-order chi connectivity index (χ0) is 18.5. The number of rotatable bonds is 11. The van der Waals surface area contributed by atoms with E-state index in [0.717, 1.165) is 11.1 Å². The lowest BCUT2D eigenvalue weighted by Gasteiger charge is -2.19. The van der Waals surface area contributed by atoms with E-state index in [-0.39, 0.29) is 13.2 Å². The van der Waals surface area contributed by atoms with E-state index in [1.165, 1.54) is 0 Å². The molecule has 0 fully saturated rings. The largest absolute Gasteiger partial charge is 0.376 e. The molecule has 0 aliphatic heterocycles. The fourth-order valence-electron chi connectivity index (χ4n) is 2.32.